The number of piperazine rings is 1. The lowest BCUT2D eigenvalue weighted by molar-refractivity contribution is -0.142. The number of hydrogen-bond acceptors (Lipinski definition) is 4. The lowest BCUT2D eigenvalue weighted by atomic mass is 10.2. The van der Waals surface area contributed by atoms with E-state index in [-0.39, 0.29) is 17.8 Å². The molecule has 0 aliphatic carbocycles. The predicted molar refractivity (Wildman–Crippen MR) is 110 cm³/mol. The van der Waals surface area contributed by atoms with Crippen LogP contribution in [0.5, 0.6) is 0 Å². The van der Waals surface area contributed by atoms with Crippen molar-refractivity contribution in [2.45, 2.75) is 30.8 Å². The minimum absolute atomic E-state index is 0.134. The molecule has 2 aliphatic heterocycles. The summed E-state index contributed by atoms with van der Waals surface area (Å²) in [5.74, 6) is 1.65. The topological polar surface area (TPSA) is 57.2 Å². The highest BCUT2D eigenvalue weighted by atomic mass is 32.2. The number of amides is 1. The number of ether oxygens (including phenoxy) is 1. The molecule has 2 fully saturated rings. The number of nitrogens with one attached hydrogen (secondary N) is 1. The number of halogens is 1. The van der Waals surface area contributed by atoms with Crippen molar-refractivity contribution in [3.63, 3.8) is 0 Å². The fourth-order valence-corrected chi connectivity index (χ4v) is 4.13. The molecule has 1 atom stereocenters. The summed E-state index contributed by atoms with van der Waals surface area (Å²) in [5.41, 5.74) is 0. The first kappa shape index (κ1) is 20.9. The van der Waals surface area contributed by atoms with Crippen LogP contribution in [0.3, 0.4) is 0 Å². The second kappa shape index (κ2) is 10.7. The summed E-state index contributed by atoms with van der Waals surface area (Å²) < 4.78 is 18.5. The van der Waals surface area contributed by atoms with E-state index in [1.165, 1.54) is 12.1 Å². The standard InChI is InChI=1S/C20H29FN4O2S/c1-2-22-20(23-9-15-28-17-7-5-16(21)6-8-17)25-12-10-24(11-13-25)19(26)18-4-3-14-27-18/h5-8,18H,2-4,9-15H2,1H3,(H,22,23). The molecule has 2 aliphatic rings. The molecule has 0 saturated carbocycles. The van der Waals surface area contributed by atoms with E-state index < -0.39 is 0 Å². The molecule has 154 valence electrons. The van der Waals surface area contributed by atoms with E-state index >= 15 is 0 Å². The van der Waals surface area contributed by atoms with Crippen LogP contribution >= 0.6 is 11.8 Å². The van der Waals surface area contributed by atoms with Crippen LogP contribution in [0, 0.1) is 5.82 Å². The second-order valence-corrected chi connectivity index (χ2v) is 8.02. The molecule has 1 amide bonds. The summed E-state index contributed by atoms with van der Waals surface area (Å²) in [4.78, 5) is 22.4. The number of carbonyl (C=O) groups excluding carboxylic acids is 1. The highest BCUT2D eigenvalue weighted by molar-refractivity contribution is 7.99. The Balaban J connectivity index is 1.46. The highest BCUT2D eigenvalue weighted by Crippen LogP contribution is 2.18. The van der Waals surface area contributed by atoms with Gasteiger partial charge in [0.2, 0.25) is 0 Å². The van der Waals surface area contributed by atoms with Crippen molar-refractivity contribution < 1.29 is 13.9 Å². The number of nitrogens with zero attached hydrogens (tertiary/aromatic N) is 3. The molecule has 1 aromatic carbocycles. The lowest BCUT2D eigenvalue weighted by Gasteiger charge is -2.37. The summed E-state index contributed by atoms with van der Waals surface area (Å²) in [5, 5.41) is 3.35. The zero-order chi connectivity index (χ0) is 19.8. The molecule has 6 nitrogen and oxygen atoms in total. The van der Waals surface area contributed by atoms with Crippen molar-refractivity contribution in [3.05, 3.63) is 30.1 Å². The molecule has 1 unspecified atom stereocenters. The van der Waals surface area contributed by atoms with Gasteiger partial charge in [-0.1, -0.05) is 0 Å². The van der Waals surface area contributed by atoms with Crippen molar-refractivity contribution in [1.82, 2.24) is 15.1 Å². The summed E-state index contributed by atoms with van der Waals surface area (Å²) in [7, 11) is 0. The Hall–Kier alpha value is -1.80. The van der Waals surface area contributed by atoms with Crippen LogP contribution < -0.4 is 5.32 Å². The Kier molecular flexibility index (Phi) is 7.97. The highest BCUT2D eigenvalue weighted by Gasteiger charge is 2.30. The van der Waals surface area contributed by atoms with E-state index in [2.05, 4.69) is 17.1 Å². The SMILES string of the molecule is CCNC(=NCCSc1ccc(F)cc1)N1CCN(C(=O)C2CCCO2)CC1. The number of thioether (sulfide) groups is 1. The molecule has 28 heavy (non-hydrogen) atoms. The number of carbonyl (C=O) groups is 1. The van der Waals surface area contributed by atoms with Crippen molar-refractivity contribution in [2.75, 3.05) is 51.6 Å². The van der Waals surface area contributed by atoms with Gasteiger partial charge in [-0.05, 0) is 44.0 Å². The van der Waals surface area contributed by atoms with Crippen LogP contribution in [0.4, 0.5) is 4.39 Å². The van der Waals surface area contributed by atoms with Crippen LogP contribution in [-0.2, 0) is 9.53 Å². The van der Waals surface area contributed by atoms with E-state index in [9.17, 15) is 9.18 Å². The average molecular weight is 409 g/mol. The Morgan fingerprint density at radius 3 is 2.61 bits per heavy atom. The maximum absolute atomic E-state index is 13.0. The number of rotatable bonds is 6. The van der Waals surface area contributed by atoms with E-state index in [0.29, 0.717) is 26.2 Å². The zero-order valence-corrected chi connectivity index (χ0v) is 17.2. The Morgan fingerprint density at radius 1 is 1.25 bits per heavy atom. The van der Waals surface area contributed by atoms with Gasteiger partial charge in [0.15, 0.2) is 5.96 Å². The van der Waals surface area contributed by atoms with Crippen molar-refractivity contribution in [2.24, 2.45) is 4.99 Å². The molecule has 3 rings (SSSR count). The molecular formula is C20H29FN4O2S. The maximum Gasteiger partial charge on any atom is 0.251 e. The predicted octanol–water partition coefficient (Wildman–Crippen LogP) is 2.21. The van der Waals surface area contributed by atoms with Crippen LogP contribution in [-0.4, -0.2) is 79.4 Å². The minimum atomic E-state index is -0.239. The third-order valence-corrected chi connectivity index (χ3v) is 5.86. The fourth-order valence-electron chi connectivity index (χ4n) is 3.39. The number of benzene rings is 1. The molecule has 1 N–H and O–H groups in total. The molecule has 1 aromatic rings. The third kappa shape index (κ3) is 5.85. The summed E-state index contributed by atoms with van der Waals surface area (Å²) in [6.07, 6.45) is 1.58. The van der Waals surface area contributed by atoms with Crippen molar-refractivity contribution in [3.8, 4) is 0 Å². The van der Waals surface area contributed by atoms with E-state index in [1.807, 2.05) is 4.90 Å². The second-order valence-electron chi connectivity index (χ2n) is 6.85. The quantitative estimate of drug-likeness (QED) is 0.339. The molecule has 0 aromatic heterocycles. The third-order valence-electron chi connectivity index (χ3n) is 4.87. The summed E-state index contributed by atoms with van der Waals surface area (Å²) in [6, 6.07) is 6.54. The first-order valence-corrected chi connectivity index (χ1v) is 11.0. The van der Waals surface area contributed by atoms with Crippen LogP contribution in [0.15, 0.2) is 34.2 Å². The van der Waals surface area contributed by atoms with Gasteiger partial charge in [-0.2, -0.15) is 0 Å². The Labute approximate surface area is 170 Å². The van der Waals surface area contributed by atoms with E-state index in [1.54, 1.807) is 23.9 Å². The monoisotopic (exact) mass is 408 g/mol. The lowest BCUT2D eigenvalue weighted by Crippen LogP contribution is -2.55. The molecule has 2 saturated heterocycles. The summed E-state index contributed by atoms with van der Waals surface area (Å²) in [6.45, 7) is 7.19. The van der Waals surface area contributed by atoms with E-state index in [0.717, 1.165) is 49.1 Å². The molecule has 0 spiro atoms. The average Bonchev–Trinajstić information content (AvgIpc) is 3.26. The Morgan fingerprint density at radius 2 is 1.96 bits per heavy atom. The smallest absolute Gasteiger partial charge is 0.251 e. The van der Waals surface area contributed by atoms with Gasteiger partial charge < -0.3 is 19.9 Å². The zero-order valence-electron chi connectivity index (χ0n) is 16.4. The molecular weight excluding hydrogens is 379 g/mol. The van der Waals surface area contributed by atoms with Gasteiger partial charge in [-0.15, -0.1) is 11.8 Å². The van der Waals surface area contributed by atoms with Gasteiger partial charge in [0.1, 0.15) is 11.9 Å². The first-order chi connectivity index (χ1) is 13.7. The molecule has 2 heterocycles. The van der Waals surface area contributed by atoms with Gasteiger partial charge in [-0.25, -0.2) is 4.39 Å². The fraction of sp³-hybridized carbons (Fsp3) is 0.600. The van der Waals surface area contributed by atoms with Gasteiger partial charge in [0.05, 0.1) is 6.54 Å². The maximum atomic E-state index is 13.0. The van der Waals surface area contributed by atoms with E-state index in [4.69, 9.17) is 9.73 Å². The van der Waals surface area contributed by atoms with Gasteiger partial charge in [0, 0.05) is 50.0 Å². The number of hydrogen-bond donors (Lipinski definition) is 1. The molecule has 0 radical (unpaired) electrons. The number of guanidine groups is 1. The van der Waals surface area contributed by atoms with Gasteiger partial charge >= 0.3 is 0 Å². The largest absolute Gasteiger partial charge is 0.368 e. The Bertz CT molecular complexity index is 657. The van der Waals surface area contributed by atoms with Crippen LogP contribution in [0.25, 0.3) is 0 Å². The molecule has 0 bridgehead atoms. The van der Waals surface area contributed by atoms with Crippen molar-refractivity contribution >= 4 is 23.6 Å². The van der Waals surface area contributed by atoms with Crippen LogP contribution in [0.2, 0.25) is 0 Å². The van der Waals surface area contributed by atoms with Crippen molar-refractivity contribution in [1.29, 1.82) is 0 Å². The number of aliphatic imine (C=N–C) groups is 1. The van der Waals surface area contributed by atoms with Gasteiger partial charge in [0.25, 0.3) is 5.91 Å². The van der Waals surface area contributed by atoms with Crippen LogP contribution in [0.1, 0.15) is 19.8 Å². The normalized spacial score (nSPS) is 20.5. The minimum Gasteiger partial charge on any atom is -0.368 e. The van der Waals surface area contributed by atoms with Gasteiger partial charge in [-0.3, -0.25) is 9.79 Å². The molecule has 8 heteroatoms. The first-order valence-electron chi connectivity index (χ1n) is 9.99. The summed E-state index contributed by atoms with van der Waals surface area (Å²) >= 11 is 1.67.